The molecule has 0 amide bonds. The number of rotatable bonds is 7. The summed E-state index contributed by atoms with van der Waals surface area (Å²) in [5, 5.41) is 12.8. The molecule has 1 aliphatic heterocycles. The minimum atomic E-state index is -0.841. The minimum absolute atomic E-state index is 0.174. The Hall–Kier alpha value is -0.610. The van der Waals surface area contributed by atoms with E-state index in [4.69, 9.17) is 0 Å². The Balaban J connectivity index is 2.65. The van der Waals surface area contributed by atoms with Crippen molar-refractivity contribution in [3.8, 4) is 0 Å². The van der Waals surface area contributed by atoms with Gasteiger partial charge in [-0.05, 0) is 59.4 Å². The van der Waals surface area contributed by atoms with Crippen LogP contribution in [-0.2, 0) is 4.79 Å². The summed E-state index contributed by atoms with van der Waals surface area (Å²) in [5.41, 5.74) is -0.841. The fraction of sp³-hybridized carbons (Fsp3) is 0.938. The highest BCUT2D eigenvalue weighted by Crippen LogP contribution is 2.24. The number of hydrogen-bond acceptors (Lipinski definition) is 3. The van der Waals surface area contributed by atoms with Gasteiger partial charge in [0.1, 0.15) is 5.54 Å². The number of carbonyl (C=O) groups is 1. The maximum atomic E-state index is 11.6. The van der Waals surface area contributed by atoms with Crippen molar-refractivity contribution in [3.05, 3.63) is 0 Å². The Bertz CT molecular complexity index is 320. The number of aliphatic carboxylic acids is 1. The predicted molar refractivity (Wildman–Crippen MR) is 83.0 cm³/mol. The van der Waals surface area contributed by atoms with Crippen LogP contribution < -0.4 is 5.32 Å². The van der Waals surface area contributed by atoms with Gasteiger partial charge in [-0.1, -0.05) is 13.3 Å². The third kappa shape index (κ3) is 4.74. The van der Waals surface area contributed by atoms with Crippen molar-refractivity contribution in [2.24, 2.45) is 5.92 Å². The SMILES string of the molecule is CCC1CCCN(C(C)CC(C)(NC(C)C)C(=O)O)C1. The van der Waals surface area contributed by atoms with E-state index in [0.717, 1.165) is 19.0 Å². The zero-order valence-corrected chi connectivity index (χ0v) is 13.8. The maximum Gasteiger partial charge on any atom is 0.323 e. The molecule has 3 atom stereocenters. The largest absolute Gasteiger partial charge is 0.480 e. The van der Waals surface area contributed by atoms with Crippen molar-refractivity contribution < 1.29 is 9.90 Å². The van der Waals surface area contributed by atoms with E-state index >= 15 is 0 Å². The standard InChI is InChI=1S/C16H32N2O2/c1-6-14-8-7-9-18(11-14)13(4)10-16(5,15(19)20)17-12(2)3/h12-14,17H,6-11H2,1-5H3,(H,19,20). The van der Waals surface area contributed by atoms with Gasteiger partial charge in [0.15, 0.2) is 0 Å². The Morgan fingerprint density at radius 3 is 2.60 bits per heavy atom. The second kappa shape index (κ2) is 7.41. The Morgan fingerprint density at radius 2 is 2.10 bits per heavy atom. The van der Waals surface area contributed by atoms with Gasteiger partial charge in [-0.3, -0.25) is 10.1 Å². The quantitative estimate of drug-likeness (QED) is 0.755. The highest BCUT2D eigenvalue weighted by molar-refractivity contribution is 5.78. The highest BCUT2D eigenvalue weighted by atomic mass is 16.4. The summed E-state index contributed by atoms with van der Waals surface area (Å²) in [7, 11) is 0. The Morgan fingerprint density at radius 1 is 1.45 bits per heavy atom. The third-order valence-corrected chi connectivity index (χ3v) is 4.53. The van der Waals surface area contributed by atoms with Gasteiger partial charge in [0.05, 0.1) is 0 Å². The minimum Gasteiger partial charge on any atom is -0.480 e. The molecule has 0 aromatic rings. The molecule has 1 aliphatic rings. The van der Waals surface area contributed by atoms with Crippen molar-refractivity contribution in [3.63, 3.8) is 0 Å². The topological polar surface area (TPSA) is 52.6 Å². The van der Waals surface area contributed by atoms with E-state index in [1.165, 1.54) is 19.3 Å². The van der Waals surface area contributed by atoms with Crippen LogP contribution in [0.1, 0.15) is 60.3 Å². The van der Waals surface area contributed by atoms with Gasteiger partial charge in [-0.15, -0.1) is 0 Å². The smallest absolute Gasteiger partial charge is 0.323 e. The number of carboxylic acid groups (broad SMARTS) is 1. The summed E-state index contributed by atoms with van der Waals surface area (Å²) in [6, 6.07) is 0.477. The summed E-state index contributed by atoms with van der Waals surface area (Å²) in [5.74, 6) is 0.0300. The van der Waals surface area contributed by atoms with Gasteiger partial charge in [0.25, 0.3) is 0 Å². The fourth-order valence-electron chi connectivity index (χ4n) is 3.40. The number of likely N-dealkylation sites (tertiary alicyclic amines) is 1. The molecule has 4 heteroatoms. The first-order valence-electron chi connectivity index (χ1n) is 8.03. The van der Waals surface area contributed by atoms with Crippen LogP contribution >= 0.6 is 0 Å². The van der Waals surface area contributed by atoms with Crippen LogP contribution in [0, 0.1) is 5.92 Å². The van der Waals surface area contributed by atoms with Crippen LogP contribution in [0.5, 0.6) is 0 Å². The van der Waals surface area contributed by atoms with E-state index in [2.05, 4.69) is 24.1 Å². The lowest BCUT2D eigenvalue weighted by atomic mass is 9.89. The molecular formula is C16H32N2O2. The van der Waals surface area contributed by atoms with Crippen LogP contribution in [-0.4, -0.2) is 46.7 Å². The molecule has 0 bridgehead atoms. The van der Waals surface area contributed by atoms with E-state index < -0.39 is 11.5 Å². The summed E-state index contributed by atoms with van der Waals surface area (Å²) in [6.07, 6.45) is 4.44. The van der Waals surface area contributed by atoms with Gasteiger partial charge in [0.2, 0.25) is 0 Å². The molecule has 4 nitrogen and oxygen atoms in total. The highest BCUT2D eigenvalue weighted by Gasteiger charge is 2.37. The van der Waals surface area contributed by atoms with Crippen molar-refractivity contribution in [1.29, 1.82) is 0 Å². The summed E-state index contributed by atoms with van der Waals surface area (Å²) >= 11 is 0. The number of piperidine rings is 1. The molecule has 20 heavy (non-hydrogen) atoms. The molecule has 1 fully saturated rings. The van der Waals surface area contributed by atoms with Gasteiger partial charge < -0.3 is 10.0 Å². The molecule has 1 heterocycles. The molecule has 118 valence electrons. The lowest BCUT2D eigenvalue weighted by molar-refractivity contribution is -0.145. The van der Waals surface area contributed by atoms with Crippen LogP contribution in [0.3, 0.4) is 0 Å². The molecule has 0 aromatic heterocycles. The maximum absolute atomic E-state index is 11.6. The molecular weight excluding hydrogens is 252 g/mol. The van der Waals surface area contributed by atoms with E-state index in [1.807, 2.05) is 20.8 Å². The molecule has 1 rings (SSSR count). The first kappa shape index (κ1) is 17.4. The van der Waals surface area contributed by atoms with Gasteiger partial charge in [-0.2, -0.15) is 0 Å². The molecule has 0 saturated carbocycles. The van der Waals surface area contributed by atoms with Gasteiger partial charge in [0, 0.05) is 18.6 Å². The second-order valence-electron chi connectivity index (χ2n) is 6.90. The lowest BCUT2D eigenvalue weighted by Gasteiger charge is -2.40. The third-order valence-electron chi connectivity index (χ3n) is 4.53. The van der Waals surface area contributed by atoms with Crippen LogP contribution in [0.2, 0.25) is 0 Å². The second-order valence-corrected chi connectivity index (χ2v) is 6.90. The molecule has 0 aromatic carbocycles. The summed E-state index contributed by atoms with van der Waals surface area (Å²) in [4.78, 5) is 14.1. The molecule has 0 spiro atoms. The lowest BCUT2D eigenvalue weighted by Crippen LogP contribution is -2.56. The molecule has 0 aliphatic carbocycles. The number of hydrogen-bond donors (Lipinski definition) is 2. The number of nitrogens with one attached hydrogen (secondary N) is 1. The first-order valence-corrected chi connectivity index (χ1v) is 8.03. The van der Waals surface area contributed by atoms with Crippen LogP contribution in [0.15, 0.2) is 0 Å². The van der Waals surface area contributed by atoms with Crippen LogP contribution in [0.4, 0.5) is 0 Å². The predicted octanol–water partition coefficient (Wildman–Crippen LogP) is 2.73. The van der Waals surface area contributed by atoms with E-state index in [9.17, 15) is 9.90 Å². The van der Waals surface area contributed by atoms with Crippen molar-refractivity contribution >= 4 is 5.97 Å². The van der Waals surface area contributed by atoms with E-state index in [1.54, 1.807) is 0 Å². The van der Waals surface area contributed by atoms with Gasteiger partial charge >= 0.3 is 5.97 Å². The van der Waals surface area contributed by atoms with Crippen molar-refractivity contribution in [2.45, 2.75) is 77.9 Å². The number of carboxylic acids is 1. The van der Waals surface area contributed by atoms with Gasteiger partial charge in [-0.25, -0.2) is 0 Å². The molecule has 3 unspecified atom stereocenters. The Kier molecular flexibility index (Phi) is 6.46. The zero-order chi connectivity index (χ0) is 15.3. The first-order chi connectivity index (χ1) is 9.28. The Labute approximate surface area is 123 Å². The molecule has 2 N–H and O–H groups in total. The monoisotopic (exact) mass is 284 g/mol. The van der Waals surface area contributed by atoms with Crippen molar-refractivity contribution in [1.82, 2.24) is 10.2 Å². The number of nitrogens with zero attached hydrogens (tertiary/aromatic N) is 1. The normalized spacial score (nSPS) is 25.4. The van der Waals surface area contributed by atoms with E-state index in [-0.39, 0.29) is 6.04 Å². The molecule has 1 saturated heterocycles. The fourth-order valence-corrected chi connectivity index (χ4v) is 3.40. The summed E-state index contributed by atoms with van der Waals surface area (Å²) < 4.78 is 0. The van der Waals surface area contributed by atoms with E-state index in [0.29, 0.717) is 12.5 Å². The van der Waals surface area contributed by atoms with Crippen LogP contribution in [0.25, 0.3) is 0 Å². The molecule has 0 radical (unpaired) electrons. The van der Waals surface area contributed by atoms with Crippen molar-refractivity contribution in [2.75, 3.05) is 13.1 Å². The average Bonchev–Trinajstić information content (AvgIpc) is 2.37. The zero-order valence-electron chi connectivity index (χ0n) is 13.8. The summed E-state index contributed by atoms with van der Waals surface area (Å²) in [6.45, 7) is 12.5. The average molecular weight is 284 g/mol.